The van der Waals surface area contributed by atoms with Crippen LogP contribution in [0, 0.1) is 25.2 Å². The standard InChI is InChI=1S/C13H13N3S/c1-10-7-11(2)9-12(8-10)16-5-4-15-13(16)17-6-3-14/h4-5,7-9H,6H2,1-2H3. The molecule has 0 atom stereocenters. The molecule has 0 fully saturated rings. The Morgan fingerprint density at radius 3 is 2.65 bits per heavy atom. The van der Waals surface area contributed by atoms with Gasteiger partial charge in [0, 0.05) is 18.1 Å². The van der Waals surface area contributed by atoms with Gasteiger partial charge < -0.3 is 0 Å². The molecule has 2 rings (SSSR count). The van der Waals surface area contributed by atoms with Crippen molar-refractivity contribution in [1.82, 2.24) is 9.55 Å². The summed E-state index contributed by atoms with van der Waals surface area (Å²) in [5.41, 5.74) is 3.55. The molecule has 0 spiro atoms. The Morgan fingerprint density at radius 2 is 2.00 bits per heavy atom. The zero-order valence-corrected chi connectivity index (χ0v) is 10.7. The molecule has 0 saturated carbocycles. The number of imidazole rings is 1. The lowest BCUT2D eigenvalue weighted by atomic mass is 10.1. The van der Waals surface area contributed by atoms with E-state index < -0.39 is 0 Å². The molecule has 0 N–H and O–H groups in total. The third-order valence-corrected chi connectivity index (χ3v) is 3.19. The van der Waals surface area contributed by atoms with E-state index in [1.165, 1.54) is 22.9 Å². The van der Waals surface area contributed by atoms with Crippen molar-refractivity contribution in [3.8, 4) is 11.8 Å². The van der Waals surface area contributed by atoms with Crippen LogP contribution in [0.25, 0.3) is 5.69 Å². The number of hydrogen-bond donors (Lipinski definition) is 0. The summed E-state index contributed by atoms with van der Waals surface area (Å²) in [6.07, 6.45) is 3.69. The van der Waals surface area contributed by atoms with Crippen LogP contribution in [-0.4, -0.2) is 15.3 Å². The molecule has 1 aromatic heterocycles. The number of benzene rings is 1. The number of nitrogens with zero attached hydrogens (tertiary/aromatic N) is 3. The molecule has 1 aromatic carbocycles. The van der Waals surface area contributed by atoms with Crippen LogP contribution in [-0.2, 0) is 0 Å². The van der Waals surface area contributed by atoms with Gasteiger partial charge in [-0.2, -0.15) is 5.26 Å². The van der Waals surface area contributed by atoms with Gasteiger partial charge >= 0.3 is 0 Å². The average Bonchev–Trinajstić information content (AvgIpc) is 2.73. The zero-order valence-electron chi connectivity index (χ0n) is 9.84. The molecule has 0 unspecified atom stereocenters. The number of rotatable bonds is 3. The van der Waals surface area contributed by atoms with Crippen LogP contribution in [0.2, 0.25) is 0 Å². The largest absolute Gasteiger partial charge is 0.295 e. The van der Waals surface area contributed by atoms with Crippen molar-refractivity contribution in [2.45, 2.75) is 19.0 Å². The van der Waals surface area contributed by atoms with Crippen LogP contribution in [0.5, 0.6) is 0 Å². The lowest BCUT2D eigenvalue weighted by Gasteiger charge is -2.08. The number of hydrogen-bond acceptors (Lipinski definition) is 3. The van der Waals surface area contributed by atoms with Gasteiger partial charge in [-0.3, -0.25) is 4.57 Å². The molecule has 0 aliphatic carbocycles. The number of thioether (sulfide) groups is 1. The van der Waals surface area contributed by atoms with Crippen molar-refractivity contribution in [3.63, 3.8) is 0 Å². The summed E-state index contributed by atoms with van der Waals surface area (Å²) in [6.45, 7) is 4.16. The highest BCUT2D eigenvalue weighted by Gasteiger charge is 2.06. The van der Waals surface area contributed by atoms with Gasteiger partial charge in [0.25, 0.3) is 0 Å². The highest BCUT2D eigenvalue weighted by Crippen LogP contribution is 2.21. The topological polar surface area (TPSA) is 41.6 Å². The first-order valence-corrected chi connectivity index (χ1v) is 6.31. The van der Waals surface area contributed by atoms with Crippen LogP contribution in [0.3, 0.4) is 0 Å². The highest BCUT2D eigenvalue weighted by atomic mass is 32.2. The molecule has 3 nitrogen and oxygen atoms in total. The van der Waals surface area contributed by atoms with E-state index in [1.807, 2.05) is 10.8 Å². The predicted molar refractivity (Wildman–Crippen MR) is 69.4 cm³/mol. The molecule has 86 valence electrons. The first-order valence-electron chi connectivity index (χ1n) is 5.32. The van der Waals surface area contributed by atoms with Gasteiger partial charge in [0.05, 0.1) is 11.8 Å². The molecule has 0 aliphatic heterocycles. The SMILES string of the molecule is Cc1cc(C)cc(-n2ccnc2SCC#N)c1. The van der Waals surface area contributed by atoms with Gasteiger partial charge in [-0.05, 0) is 37.1 Å². The van der Waals surface area contributed by atoms with Crippen LogP contribution < -0.4 is 0 Å². The predicted octanol–water partition coefficient (Wildman–Crippen LogP) is 3.10. The summed E-state index contributed by atoms with van der Waals surface area (Å²) in [5.74, 6) is 0.418. The number of nitriles is 1. The fourth-order valence-electron chi connectivity index (χ4n) is 1.78. The molecule has 2 aromatic rings. The third kappa shape index (κ3) is 2.69. The smallest absolute Gasteiger partial charge is 0.173 e. The summed E-state index contributed by atoms with van der Waals surface area (Å²) in [4.78, 5) is 4.26. The number of aryl methyl sites for hydroxylation is 2. The number of aromatic nitrogens is 2. The van der Waals surface area contributed by atoms with Crippen LogP contribution >= 0.6 is 11.8 Å². The van der Waals surface area contributed by atoms with E-state index in [2.05, 4.69) is 43.1 Å². The molecular weight excluding hydrogens is 230 g/mol. The fourth-order valence-corrected chi connectivity index (χ4v) is 2.41. The molecule has 0 aliphatic rings. The Morgan fingerprint density at radius 1 is 1.29 bits per heavy atom. The lowest BCUT2D eigenvalue weighted by molar-refractivity contribution is 0.894. The van der Waals surface area contributed by atoms with Crippen molar-refractivity contribution in [3.05, 3.63) is 41.7 Å². The van der Waals surface area contributed by atoms with Crippen molar-refractivity contribution in [1.29, 1.82) is 5.26 Å². The minimum atomic E-state index is 0.418. The van der Waals surface area contributed by atoms with E-state index in [-0.39, 0.29) is 0 Å². The summed E-state index contributed by atoms with van der Waals surface area (Å²) >= 11 is 1.45. The van der Waals surface area contributed by atoms with E-state index in [0.717, 1.165) is 10.8 Å². The van der Waals surface area contributed by atoms with Crippen LogP contribution in [0.15, 0.2) is 35.7 Å². The summed E-state index contributed by atoms with van der Waals surface area (Å²) in [6, 6.07) is 8.49. The quantitative estimate of drug-likeness (QED) is 0.778. The van der Waals surface area contributed by atoms with Crippen LogP contribution in [0.1, 0.15) is 11.1 Å². The maximum atomic E-state index is 8.61. The van der Waals surface area contributed by atoms with Gasteiger partial charge in [0.1, 0.15) is 0 Å². The molecule has 0 amide bonds. The Labute approximate surface area is 105 Å². The minimum Gasteiger partial charge on any atom is -0.295 e. The summed E-state index contributed by atoms with van der Waals surface area (Å²) < 4.78 is 2.02. The van der Waals surface area contributed by atoms with Gasteiger partial charge in [-0.15, -0.1) is 0 Å². The van der Waals surface area contributed by atoms with E-state index in [4.69, 9.17) is 5.26 Å². The zero-order chi connectivity index (χ0) is 12.3. The van der Waals surface area contributed by atoms with Crippen molar-refractivity contribution in [2.24, 2.45) is 0 Å². The second-order valence-electron chi connectivity index (χ2n) is 3.87. The van der Waals surface area contributed by atoms with Crippen molar-refractivity contribution < 1.29 is 0 Å². The third-order valence-electron chi connectivity index (χ3n) is 2.36. The molecule has 0 bridgehead atoms. The van der Waals surface area contributed by atoms with Crippen LogP contribution in [0.4, 0.5) is 0 Å². The molecule has 1 heterocycles. The Hall–Kier alpha value is -1.73. The first kappa shape index (κ1) is 11.7. The lowest BCUT2D eigenvalue weighted by Crippen LogP contribution is -1.96. The monoisotopic (exact) mass is 243 g/mol. The maximum absolute atomic E-state index is 8.61. The average molecular weight is 243 g/mol. The normalized spacial score (nSPS) is 10.2. The molecule has 0 radical (unpaired) electrons. The Balaban J connectivity index is 2.39. The second-order valence-corrected chi connectivity index (χ2v) is 4.82. The van der Waals surface area contributed by atoms with Crippen molar-refractivity contribution >= 4 is 11.8 Å². The Kier molecular flexibility index (Phi) is 3.50. The van der Waals surface area contributed by atoms with E-state index in [1.54, 1.807) is 6.20 Å². The van der Waals surface area contributed by atoms with Crippen molar-refractivity contribution in [2.75, 3.05) is 5.75 Å². The Bertz CT molecular complexity index is 546. The van der Waals surface area contributed by atoms with Gasteiger partial charge in [0.2, 0.25) is 0 Å². The molecule has 4 heteroatoms. The van der Waals surface area contributed by atoms with Gasteiger partial charge in [-0.25, -0.2) is 4.98 Å². The first-order chi connectivity index (χ1) is 8.20. The van der Waals surface area contributed by atoms with E-state index in [9.17, 15) is 0 Å². The molecular formula is C13H13N3S. The molecule has 17 heavy (non-hydrogen) atoms. The molecule has 0 saturated heterocycles. The fraction of sp³-hybridized carbons (Fsp3) is 0.231. The van der Waals surface area contributed by atoms with Gasteiger partial charge in [-0.1, -0.05) is 17.8 Å². The second kappa shape index (κ2) is 5.07. The van der Waals surface area contributed by atoms with E-state index in [0.29, 0.717) is 5.75 Å². The van der Waals surface area contributed by atoms with E-state index >= 15 is 0 Å². The highest BCUT2D eigenvalue weighted by molar-refractivity contribution is 7.99. The summed E-state index contributed by atoms with van der Waals surface area (Å²) in [7, 11) is 0. The minimum absolute atomic E-state index is 0.418. The summed E-state index contributed by atoms with van der Waals surface area (Å²) in [5, 5.41) is 9.46. The maximum Gasteiger partial charge on any atom is 0.173 e. The van der Waals surface area contributed by atoms with Gasteiger partial charge in [0.15, 0.2) is 5.16 Å².